The number of ether oxygens (including phenoxy) is 2. The molecule has 146 valence electrons. The van der Waals surface area contributed by atoms with Gasteiger partial charge in [-0.15, -0.1) is 0 Å². The van der Waals surface area contributed by atoms with Gasteiger partial charge in [-0.3, -0.25) is 5.32 Å². The molecule has 0 unspecified atom stereocenters. The number of halogens is 1. The Kier molecular flexibility index (Phi) is 6.52. The average Bonchev–Trinajstić information content (AvgIpc) is 3.10. The second-order valence-corrected chi connectivity index (χ2v) is 6.31. The molecule has 0 radical (unpaired) electrons. The smallest absolute Gasteiger partial charge is 0.326 e. The van der Waals surface area contributed by atoms with Gasteiger partial charge in [0.25, 0.3) is 0 Å². The van der Waals surface area contributed by atoms with E-state index < -0.39 is 6.03 Å². The van der Waals surface area contributed by atoms with Crippen LogP contribution >= 0.6 is 11.6 Å². The monoisotopic (exact) mass is 400 g/mol. The number of methoxy groups -OCH3 is 2. The Hall–Kier alpha value is -3.03. The molecule has 0 aliphatic rings. The van der Waals surface area contributed by atoms with Crippen molar-refractivity contribution in [1.29, 1.82) is 0 Å². The predicted molar refractivity (Wildman–Crippen MR) is 110 cm³/mol. The molecule has 2 amide bonds. The Morgan fingerprint density at radius 3 is 2.71 bits per heavy atom. The fourth-order valence-corrected chi connectivity index (χ4v) is 2.90. The van der Waals surface area contributed by atoms with E-state index in [2.05, 4.69) is 15.6 Å². The van der Waals surface area contributed by atoms with Crippen LogP contribution in [0.1, 0.15) is 0 Å². The van der Waals surface area contributed by atoms with Crippen molar-refractivity contribution in [3.8, 4) is 17.0 Å². The largest absolute Gasteiger partial charge is 0.497 e. The van der Waals surface area contributed by atoms with Crippen LogP contribution in [0.2, 0.25) is 5.02 Å². The van der Waals surface area contributed by atoms with E-state index in [0.29, 0.717) is 29.8 Å². The second-order valence-electron chi connectivity index (χ2n) is 5.90. The summed E-state index contributed by atoms with van der Waals surface area (Å²) in [7, 11) is 3.24. The van der Waals surface area contributed by atoms with Gasteiger partial charge in [0, 0.05) is 19.2 Å². The van der Waals surface area contributed by atoms with Crippen LogP contribution in [0.3, 0.4) is 0 Å². The summed E-state index contributed by atoms with van der Waals surface area (Å²) in [6.07, 6.45) is 1.70. The quantitative estimate of drug-likeness (QED) is 0.612. The highest BCUT2D eigenvalue weighted by Crippen LogP contribution is 2.27. The number of hydrogen-bond acceptors (Lipinski definition) is 4. The van der Waals surface area contributed by atoms with Crippen LogP contribution in [0.4, 0.5) is 16.4 Å². The molecule has 0 spiro atoms. The number of nitrogens with one attached hydrogen (secondary N) is 2. The molecular formula is C20H21ClN4O3. The molecule has 0 saturated heterocycles. The fraction of sp³-hybridized carbons (Fsp3) is 0.200. The van der Waals surface area contributed by atoms with Crippen LogP contribution in [-0.4, -0.2) is 36.4 Å². The summed E-state index contributed by atoms with van der Waals surface area (Å²) in [4.78, 5) is 16.8. The molecule has 0 bridgehead atoms. The van der Waals surface area contributed by atoms with Crippen LogP contribution in [0, 0.1) is 0 Å². The second kappa shape index (κ2) is 9.25. The summed E-state index contributed by atoms with van der Waals surface area (Å²) in [6.45, 7) is 0.985. The van der Waals surface area contributed by atoms with Crippen molar-refractivity contribution < 1.29 is 14.3 Å². The van der Waals surface area contributed by atoms with E-state index >= 15 is 0 Å². The third-order valence-electron chi connectivity index (χ3n) is 4.09. The van der Waals surface area contributed by atoms with Gasteiger partial charge in [0.05, 0.1) is 36.3 Å². The molecule has 1 heterocycles. The molecule has 2 N–H and O–H groups in total. The minimum atomic E-state index is -0.436. The van der Waals surface area contributed by atoms with Crippen molar-refractivity contribution >= 4 is 29.3 Å². The summed E-state index contributed by atoms with van der Waals surface area (Å²) in [5.41, 5.74) is 2.27. The molecule has 8 heteroatoms. The summed E-state index contributed by atoms with van der Waals surface area (Å²) >= 11 is 6.09. The average molecular weight is 401 g/mol. The minimum absolute atomic E-state index is 0.402. The van der Waals surface area contributed by atoms with Crippen LogP contribution in [0.5, 0.6) is 5.75 Å². The molecule has 0 atom stereocenters. The van der Waals surface area contributed by atoms with Gasteiger partial charge in [0.2, 0.25) is 5.95 Å². The van der Waals surface area contributed by atoms with Crippen molar-refractivity contribution in [2.24, 2.45) is 0 Å². The number of aromatic nitrogens is 2. The number of para-hydroxylation sites is 1. The van der Waals surface area contributed by atoms with Crippen molar-refractivity contribution in [3.63, 3.8) is 0 Å². The van der Waals surface area contributed by atoms with Gasteiger partial charge in [-0.05, 0) is 24.3 Å². The van der Waals surface area contributed by atoms with Gasteiger partial charge in [0.15, 0.2) is 0 Å². The van der Waals surface area contributed by atoms with E-state index in [1.54, 1.807) is 44.7 Å². The van der Waals surface area contributed by atoms with Gasteiger partial charge in [-0.2, -0.15) is 0 Å². The maximum atomic E-state index is 12.4. The lowest BCUT2D eigenvalue weighted by molar-refractivity contribution is 0.188. The van der Waals surface area contributed by atoms with E-state index in [1.165, 1.54) is 0 Å². The number of rotatable bonds is 7. The number of carbonyl (C=O) groups excluding carboxylic acids is 1. The molecule has 3 aromatic rings. The van der Waals surface area contributed by atoms with Crippen molar-refractivity contribution in [2.45, 2.75) is 6.54 Å². The van der Waals surface area contributed by atoms with Gasteiger partial charge < -0.3 is 19.4 Å². The molecule has 0 aliphatic carbocycles. The van der Waals surface area contributed by atoms with Crippen LogP contribution in [-0.2, 0) is 11.3 Å². The summed E-state index contributed by atoms with van der Waals surface area (Å²) in [5.74, 6) is 1.14. The maximum Gasteiger partial charge on any atom is 0.326 e. The molecule has 0 saturated carbocycles. The molecule has 1 aromatic heterocycles. The Morgan fingerprint density at radius 1 is 1.14 bits per heavy atom. The molecule has 3 rings (SSSR count). The first kappa shape index (κ1) is 19.7. The zero-order valence-corrected chi connectivity index (χ0v) is 16.4. The predicted octanol–water partition coefficient (Wildman–Crippen LogP) is 4.50. The standard InChI is InChI=1S/C20H21ClN4O3/c1-27-11-10-25-18(14-6-5-7-15(12-14)28-2)13-22-19(25)24-20(26)23-17-9-4-3-8-16(17)21/h3-9,12-13H,10-11H2,1-2H3,(H2,22,23,24,26). The van der Waals surface area contributed by atoms with Gasteiger partial charge in [-0.1, -0.05) is 35.9 Å². The normalized spacial score (nSPS) is 10.5. The Balaban J connectivity index is 1.85. The number of nitrogens with zero attached hydrogens (tertiary/aromatic N) is 2. The van der Waals surface area contributed by atoms with Crippen LogP contribution in [0.15, 0.2) is 54.7 Å². The molecular weight excluding hydrogens is 380 g/mol. The van der Waals surface area contributed by atoms with E-state index in [-0.39, 0.29) is 0 Å². The van der Waals surface area contributed by atoms with Crippen molar-refractivity contribution in [2.75, 3.05) is 31.5 Å². The fourth-order valence-electron chi connectivity index (χ4n) is 2.71. The highest BCUT2D eigenvalue weighted by atomic mass is 35.5. The molecule has 0 fully saturated rings. The summed E-state index contributed by atoms with van der Waals surface area (Å²) in [5, 5.41) is 5.95. The highest BCUT2D eigenvalue weighted by Gasteiger charge is 2.15. The third-order valence-corrected chi connectivity index (χ3v) is 4.42. The Morgan fingerprint density at radius 2 is 1.96 bits per heavy atom. The lowest BCUT2D eigenvalue weighted by atomic mass is 10.1. The molecule has 7 nitrogen and oxygen atoms in total. The number of imidazole rings is 1. The summed E-state index contributed by atoms with van der Waals surface area (Å²) < 4.78 is 12.4. The first-order valence-corrected chi connectivity index (χ1v) is 9.01. The van der Waals surface area contributed by atoms with E-state index in [0.717, 1.165) is 17.0 Å². The minimum Gasteiger partial charge on any atom is -0.497 e. The van der Waals surface area contributed by atoms with E-state index in [4.69, 9.17) is 21.1 Å². The third kappa shape index (κ3) is 4.62. The first-order chi connectivity index (χ1) is 13.6. The highest BCUT2D eigenvalue weighted by molar-refractivity contribution is 6.33. The van der Waals surface area contributed by atoms with Crippen molar-refractivity contribution in [3.05, 3.63) is 59.8 Å². The lowest BCUT2D eigenvalue weighted by Crippen LogP contribution is -2.22. The number of hydrogen-bond donors (Lipinski definition) is 2. The zero-order chi connectivity index (χ0) is 19.9. The van der Waals surface area contributed by atoms with Gasteiger partial charge >= 0.3 is 6.03 Å². The number of benzene rings is 2. The number of carbonyl (C=O) groups is 1. The lowest BCUT2D eigenvalue weighted by Gasteiger charge is -2.13. The number of anilines is 2. The molecule has 2 aromatic carbocycles. The van der Waals surface area contributed by atoms with Crippen molar-refractivity contribution in [1.82, 2.24) is 9.55 Å². The van der Waals surface area contributed by atoms with Gasteiger partial charge in [0.1, 0.15) is 5.75 Å². The maximum absolute atomic E-state index is 12.4. The van der Waals surface area contributed by atoms with Gasteiger partial charge in [-0.25, -0.2) is 9.78 Å². The molecule has 0 aliphatic heterocycles. The van der Waals surface area contributed by atoms with Crippen LogP contribution < -0.4 is 15.4 Å². The number of amides is 2. The number of urea groups is 1. The van der Waals surface area contributed by atoms with E-state index in [9.17, 15) is 4.79 Å². The molecule has 28 heavy (non-hydrogen) atoms. The van der Waals surface area contributed by atoms with E-state index in [1.807, 2.05) is 28.8 Å². The zero-order valence-electron chi connectivity index (χ0n) is 15.6. The van der Waals surface area contributed by atoms with Crippen LogP contribution in [0.25, 0.3) is 11.3 Å². The summed E-state index contributed by atoms with van der Waals surface area (Å²) in [6, 6.07) is 14.2. The SMILES string of the molecule is COCCn1c(-c2cccc(OC)c2)cnc1NC(=O)Nc1ccccc1Cl. The first-order valence-electron chi connectivity index (χ1n) is 8.64. The topological polar surface area (TPSA) is 77.4 Å². The Bertz CT molecular complexity index is 958. The Labute approximate surface area is 168 Å².